The number of hydrogen-bond acceptors (Lipinski definition) is 4. The van der Waals surface area contributed by atoms with Crippen LogP contribution in [0.2, 0.25) is 0 Å². The number of nitrogens with zero attached hydrogens (tertiary/aromatic N) is 2. The van der Waals surface area contributed by atoms with E-state index >= 15 is 0 Å². The highest BCUT2D eigenvalue weighted by molar-refractivity contribution is 6.07. The van der Waals surface area contributed by atoms with Crippen LogP contribution < -0.4 is 9.64 Å². The number of rotatable bonds is 4. The number of ether oxygens (including phenoxy) is 1. The third kappa shape index (κ3) is 2.67. The topological polar surface area (TPSA) is 66.9 Å². The Morgan fingerprint density at radius 2 is 1.60 bits per heavy atom. The first-order valence-corrected chi connectivity index (χ1v) is 9.78. The second-order valence-corrected chi connectivity index (χ2v) is 8.33. The van der Waals surface area contributed by atoms with Crippen LogP contribution in [0, 0.1) is 35.5 Å². The molecule has 1 aromatic carbocycles. The van der Waals surface area contributed by atoms with Gasteiger partial charge in [-0.2, -0.15) is 13.2 Å². The third-order valence-corrected chi connectivity index (χ3v) is 6.91. The van der Waals surface area contributed by atoms with E-state index in [2.05, 4.69) is 0 Å². The molecule has 1 saturated heterocycles. The second kappa shape index (κ2) is 6.33. The van der Waals surface area contributed by atoms with Crippen molar-refractivity contribution < 1.29 is 32.3 Å². The summed E-state index contributed by atoms with van der Waals surface area (Å²) >= 11 is 0. The maximum Gasteiger partial charge on any atom is 0.471 e. The lowest BCUT2D eigenvalue weighted by atomic mass is 9.63. The van der Waals surface area contributed by atoms with Gasteiger partial charge in [0.1, 0.15) is 12.4 Å². The Hall–Kier alpha value is -2.84. The fourth-order valence-electron chi connectivity index (χ4n) is 5.48. The summed E-state index contributed by atoms with van der Waals surface area (Å²) in [4.78, 5) is 39.6. The number of hydrogen-bond donors (Lipinski definition) is 0. The SMILES string of the molecule is COc1ccc(N(CN2C(=O)[C@@H]3[C@@H]4C=C[C@H]([C@H]5C[C@@H]45)[C@@H]3C2=O)C(=O)C(F)(F)F)cc1. The Balaban J connectivity index is 1.45. The number of anilines is 1. The largest absolute Gasteiger partial charge is 0.497 e. The smallest absolute Gasteiger partial charge is 0.471 e. The zero-order valence-corrected chi connectivity index (χ0v) is 16.0. The summed E-state index contributed by atoms with van der Waals surface area (Å²) in [6, 6.07) is 5.41. The predicted molar refractivity (Wildman–Crippen MR) is 98.0 cm³/mol. The van der Waals surface area contributed by atoms with E-state index in [0.29, 0.717) is 22.5 Å². The molecule has 0 N–H and O–H groups in total. The van der Waals surface area contributed by atoms with Gasteiger partial charge in [0.15, 0.2) is 0 Å². The molecule has 30 heavy (non-hydrogen) atoms. The molecule has 6 atom stereocenters. The van der Waals surface area contributed by atoms with Crippen LogP contribution >= 0.6 is 0 Å². The van der Waals surface area contributed by atoms with Crippen LogP contribution in [0.15, 0.2) is 36.4 Å². The normalized spacial score (nSPS) is 33.4. The summed E-state index contributed by atoms with van der Waals surface area (Å²) in [6.45, 7) is -0.760. The number of alkyl halides is 3. The number of amides is 3. The van der Waals surface area contributed by atoms with Gasteiger partial charge in [0, 0.05) is 5.69 Å². The molecule has 2 bridgehead atoms. The van der Waals surface area contributed by atoms with Gasteiger partial charge in [-0.1, -0.05) is 12.2 Å². The molecular formula is C21H19F3N2O4. The maximum absolute atomic E-state index is 13.3. The quantitative estimate of drug-likeness (QED) is 0.555. The highest BCUT2D eigenvalue weighted by Gasteiger charge is 2.67. The van der Waals surface area contributed by atoms with Gasteiger partial charge in [0.05, 0.1) is 18.9 Å². The van der Waals surface area contributed by atoms with Gasteiger partial charge in [-0.3, -0.25) is 24.2 Å². The van der Waals surface area contributed by atoms with Crippen molar-refractivity contribution in [3.63, 3.8) is 0 Å². The molecule has 3 amide bonds. The molecule has 5 aliphatic rings. The number of carbonyl (C=O) groups is 3. The van der Waals surface area contributed by atoms with Crippen LogP contribution in [-0.4, -0.2) is 42.6 Å². The number of halogens is 3. The molecule has 1 aromatic rings. The van der Waals surface area contributed by atoms with Gasteiger partial charge in [-0.25, -0.2) is 0 Å². The van der Waals surface area contributed by atoms with Crippen molar-refractivity contribution in [3.05, 3.63) is 36.4 Å². The monoisotopic (exact) mass is 420 g/mol. The molecule has 9 heteroatoms. The number of benzene rings is 1. The van der Waals surface area contributed by atoms with Crippen LogP contribution in [0.1, 0.15) is 6.42 Å². The molecule has 1 aliphatic heterocycles. The molecule has 0 unspecified atom stereocenters. The summed E-state index contributed by atoms with van der Waals surface area (Å²) in [5, 5.41) is 0. The van der Waals surface area contributed by atoms with E-state index in [9.17, 15) is 27.6 Å². The summed E-state index contributed by atoms with van der Waals surface area (Å²) < 4.78 is 44.8. The molecule has 6 rings (SSSR count). The molecule has 0 radical (unpaired) electrons. The lowest BCUT2D eigenvalue weighted by Crippen LogP contribution is -2.49. The minimum absolute atomic E-state index is 0.0424. The molecule has 6 nitrogen and oxygen atoms in total. The Bertz CT molecular complexity index is 922. The van der Waals surface area contributed by atoms with Gasteiger partial charge < -0.3 is 4.74 Å². The van der Waals surface area contributed by atoms with Gasteiger partial charge >= 0.3 is 12.1 Å². The van der Waals surface area contributed by atoms with Crippen molar-refractivity contribution in [2.75, 3.05) is 18.7 Å². The molecule has 1 heterocycles. The predicted octanol–water partition coefficient (Wildman–Crippen LogP) is 2.60. The highest BCUT2D eigenvalue weighted by atomic mass is 19.4. The van der Waals surface area contributed by atoms with Crippen LogP contribution in [0.5, 0.6) is 5.75 Å². The Labute approximate surface area is 170 Å². The molecule has 3 fully saturated rings. The van der Waals surface area contributed by atoms with Gasteiger partial charge in [-0.05, 0) is 54.4 Å². The first kappa shape index (κ1) is 19.1. The molecule has 0 spiro atoms. The van der Waals surface area contributed by atoms with Crippen molar-refractivity contribution in [1.29, 1.82) is 0 Å². The molecule has 4 aliphatic carbocycles. The Kier molecular flexibility index (Phi) is 4.04. The second-order valence-electron chi connectivity index (χ2n) is 8.33. The third-order valence-electron chi connectivity index (χ3n) is 6.91. The van der Waals surface area contributed by atoms with E-state index in [1.165, 1.54) is 31.4 Å². The van der Waals surface area contributed by atoms with Crippen molar-refractivity contribution in [1.82, 2.24) is 4.90 Å². The Morgan fingerprint density at radius 1 is 1.07 bits per heavy atom. The van der Waals surface area contributed by atoms with Crippen LogP contribution in [0.3, 0.4) is 0 Å². The van der Waals surface area contributed by atoms with E-state index in [1.807, 2.05) is 12.2 Å². The van der Waals surface area contributed by atoms with Crippen molar-refractivity contribution in [2.24, 2.45) is 35.5 Å². The van der Waals surface area contributed by atoms with E-state index in [1.54, 1.807) is 0 Å². The first-order chi connectivity index (χ1) is 14.2. The summed E-state index contributed by atoms with van der Waals surface area (Å²) in [7, 11) is 1.41. The fourth-order valence-corrected chi connectivity index (χ4v) is 5.48. The standard InChI is InChI=1S/C21H19F3N2O4/c1-30-11-4-2-10(3-5-11)25(20(29)21(22,23)24)9-26-18(27)16-12-6-7-13(15-8-14(12)15)17(16)19(26)28/h2-7,12-17H,8-9H2,1H3/t12-,13-,14-,15+,16+,17-/m1/s1. The zero-order chi connectivity index (χ0) is 21.4. The van der Waals surface area contributed by atoms with Gasteiger partial charge in [-0.15, -0.1) is 0 Å². The summed E-state index contributed by atoms with van der Waals surface area (Å²) in [5.41, 5.74) is -0.0717. The van der Waals surface area contributed by atoms with Crippen LogP contribution in [0.4, 0.5) is 18.9 Å². The number of allylic oxidation sites excluding steroid dienone is 2. The number of carbonyl (C=O) groups excluding carboxylic acids is 3. The first-order valence-electron chi connectivity index (χ1n) is 9.78. The minimum atomic E-state index is -5.15. The van der Waals surface area contributed by atoms with Gasteiger partial charge in [0.2, 0.25) is 11.8 Å². The summed E-state index contributed by atoms with van der Waals surface area (Å²) in [5.74, 6) is -3.08. The number of imide groups is 1. The zero-order valence-electron chi connectivity index (χ0n) is 16.0. The van der Waals surface area contributed by atoms with Crippen LogP contribution in [-0.2, 0) is 14.4 Å². The molecular weight excluding hydrogens is 401 g/mol. The molecule has 2 saturated carbocycles. The van der Waals surface area contributed by atoms with E-state index in [-0.39, 0.29) is 17.5 Å². The lowest BCUT2D eigenvalue weighted by Gasteiger charge is -2.37. The Morgan fingerprint density at radius 3 is 2.07 bits per heavy atom. The van der Waals surface area contributed by atoms with E-state index in [0.717, 1.165) is 11.3 Å². The average Bonchev–Trinajstić information content (AvgIpc) is 3.51. The maximum atomic E-state index is 13.3. The molecule has 0 aromatic heterocycles. The van der Waals surface area contributed by atoms with Crippen LogP contribution in [0.25, 0.3) is 0 Å². The average molecular weight is 420 g/mol. The minimum Gasteiger partial charge on any atom is -0.497 e. The van der Waals surface area contributed by atoms with Gasteiger partial charge in [0.25, 0.3) is 0 Å². The lowest BCUT2D eigenvalue weighted by molar-refractivity contribution is -0.171. The summed E-state index contributed by atoms with van der Waals surface area (Å²) in [6.07, 6.45) is -0.200. The van der Waals surface area contributed by atoms with Crippen molar-refractivity contribution in [2.45, 2.75) is 12.6 Å². The van der Waals surface area contributed by atoms with Crippen molar-refractivity contribution in [3.8, 4) is 5.75 Å². The fraction of sp³-hybridized carbons (Fsp3) is 0.476. The highest BCUT2D eigenvalue weighted by Crippen LogP contribution is 2.65. The van der Waals surface area contributed by atoms with Crippen molar-refractivity contribution >= 4 is 23.4 Å². The van der Waals surface area contributed by atoms with E-state index < -0.39 is 42.4 Å². The number of likely N-dealkylation sites (tertiary alicyclic amines) is 1. The van der Waals surface area contributed by atoms with E-state index in [4.69, 9.17) is 4.74 Å². The molecule has 158 valence electrons. The number of methoxy groups -OCH3 is 1.